The maximum absolute atomic E-state index is 11.5. The van der Waals surface area contributed by atoms with E-state index in [1.54, 1.807) is 12.1 Å². The van der Waals surface area contributed by atoms with E-state index in [0.29, 0.717) is 0 Å². The first-order valence-corrected chi connectivity index (χ1v) is 6.11. The van der Waals surface area contributed by atoms with E-state index in [4.69, 9.17) is 10.8 Å². The van der Waals surface area contributed by atoms with Crippen molar-refractivity contribution in [3.05, 3.63) is 35.9 Å². The van der Waals surface area contributed by atoms with Gasteiger partial charge in [0.05, 0.1) is 6.04 Å². The number of amides is 1. The summed E-state index contributed by atoms with van der Waals surface area (Å²) in [5.74, 6) is -1.42. The minimum Gasteiger partial charge on any atom is -0.480 e. The molecule has 0 saturated carbocycles. The highest BCUT2D eigenvalue weighted by molar-refractivity contribution is 7.80. The average Bonchev–Trinajstić information content (AvgIpc) is 2.37. The monoisotopic (exact) mass is 268 g/mol. The first kappa shape index (κ1) is 14.5. The zero-order valence-corrected chi connectivity index (χ0v) is 10.6. The molecule has 6 heteroatoms. The summed E-state index contributed by atoms with van der Waals surface area (Å²) >= 11 is 3.90. The van der Waals surface area contributed by atoms with E-state index < -0.39 is 24.0 Å². The molecule has 0 aliphatic heterocycles. The van der Waals surface area contributed by atoms with Gasteiger partial charge in [0.15, 0.2) is 0 Å². The number of carbonyl (C=O) groups excluding carboxylic acids is 1. The van der Waals surface area contributed by atoms with Crippen molar-refractivity contribution in [2.24, 2.45) is 5.73 Å². The van der Waals surface area contributed by atoms with Gasteiger partial charge in [-0.15, -0.1) is 0 Å². The molecule has 4 N–H and O–H groups in total. The third-order valence-electron chi connectivity index (χ3n) is 2.43. The van der Waals surface area contributed by atoms with Gasteiger partial charge < -0.3 is 16.2 Å². The molecule has 1 rings (SSSR count). The van der Waals surface area contributed by atoms with Crippen molar-refractivity contribution in [1.29, 1.82) is 0 Å². The number of hydrogen-bond donors (Lipinski definition) is 4. The summed E-state index contributed by atoms with van der Waals surface area (Å²) in [5.41, 5.74) is 6.31. The summed E-state index contributed by atoms with van der Waals surface area (Å²) in [6.07, 6.45) is 0.223. The Hall–Kier alpha value is -1.53. The smallest absolute Gasteiger partial charge is 0.326 e. The van der Waals surface area contributed by atoms with Gasteiger partial charge in [0.2, 0.25) is 5.91 Å². The summed E-state index contributed by atoms with van der Waals surface area (Å²) in [6.45, 7) is 0. The highest BCUT2D eigenvalue weighted by Gasteiger charge is 2.22. The second-order valence-electron chi connectivity index (χ2n) is 3.88. The Labute approximate surface area is 111 Å². The van der Waals surface area contributed by atoms with Crippen LogP contribution in [0.15, 0.2) is 30.3 Å². The van der Waals surface area contributed by atoms with E-state index in [-0.39, 0.29) is 12.2 Å². The fraction of sp³-hybridized carbons (Fsp3) is 0.333. The molecule has 0 radical (unpaired) electrons. The molecule has 0 heterocycles. The summed E-state index contributed by atoms with van der Waals surface area (Å²) < 4.78 is 0. The molecule has 0 fully saturated rings. The van der Waals surface area contributed by atoms with Gasteiger partial charge in [-0.2, -0.15) is 12.6 Å². The molecule has 0 bridgehead atoms. The van der Waals surface area contributed by atoms with Gasteiger partial charge in [0, 0.05) is 12.2 Å². The Morgan fingerprint density at radius 1 is 1.33 bits per heavy atom. The Morgan fingerprint density at radius 2 is 1.94 bits per heavy atom. The molecule has 1 aromatic carbocycles. The van der Waals surface area contributed by atoms with Crippen LogP contribution in [0.25, 0.3) is 0 Å². The molecule has 0 spiro atoms. The SMILES string of the molecule is N[C@H](CS)C(=O)N[C@H](Cc1ccccc1)C(=O)O. The molecule has 0 aromatic heterocycles. The van der Waals surface area contributed by atoms with Crippen LogP contribution in [0.2, 0.25) is 0 Å². The van der Waals surface area contributed by atoms with Gasteiger partial charge in [-0.05, 0) is 5.56 Å². The number of carboxylic acid groups (broad SMARTS) is 1. The summed E-state index contributed by atoms with van der Waals surface area (Å²) in [7, 11) is 0. The molecule has 2 atom stereocenters. The number of carbonyl (C=O) groups is 2. The van der Waals surface area contributed by atoms with Crippen LogP contribution in [0.3, 0.4) is 0 Å². The van der Waals surface area contributed by atoms with Gasteiger partial charge in [0.1, 0.15) is 6.04 Å². The van der Waals surface area contributed by atoms with E-state index in [0.717, 1.165) is 5.56 Å². The lowest BCUT2D eigenvalue weighted by Crippen LogP contribution is -2.50. The van der Waals surface area contributed by atoms with Crippen LogP contribution in [-0.2, 0) is 16.0 Å². The molecular formula is C12H16N2O3S. The normalized spacial score (nSPS) is 13.7. The molecule has 1 aromatic rings. The highest BCUT2D eigenvalue weighted by Crippen LogP contribution is 2.03. The summed E-state index contributed by atoms with van der Waals surface area (Å²) in [4.78, 5) is 22.6. The Balaban J connectivity index is 2.67. The van der Waals surface area contributed by atoms with E-state index in [1.807, 2.05) is 18.2 Å². The zero-order valence-electron chi connectivity index (χ0n) is 9.74. The van der Waals surface area contributed by atoms with Gasteiger partial charge in [-0.1, -0.05) is 30.3 Å². The third-order valence-corrected chi connectivity index (χ3v) is 2.82. The number of rotatable bonds is 6. The molecule has 98 valence electrons. The van der Waals surface area contributed by atoms with Crippen molar-refractivity contribution in [2.75, 3.05) is 5.75 Å². The number of aliphatic carboxylic acids is 1. The number of hydrogen-bond acceptors (Lipinski definition) is 4. The molecular weight excluding hydrogens is 252 g/mol. The third kappa shape index (κ3) is 4.38. The fourth-order valence-corrected chi connectivity index (χ4v) is 1.58. The number of carboxylic acids is 1. The lowest BCUT2D eigenvalue weighted by Gasteiger charge is -2.16. The van der Waals surface area contributed by atoms with Crippen LogP contribution >= 0.6 is 12.6 Å². The van der Waals surface area contributed by atoms with Crippen LogP contribution < -0.4 is 11.1 Å². The molecule has 18 heavy (non-hydrogen) atoms. The zero-order chi connectivity index (χ0) is 13.5. The summed E-state index contributed by atoms with van der Waals surface area (Å²) in [5, 5.41) is 11.5. The topological polar surface area (TPSA) is 92.4 Å². The molecule has 1 amide bonds. The van der Waals surface area contributed by atoms with Crippen molar-refractivity contribution < 1.29 is 14.7 Å². The first-order valence-electron chi connectivity index (χ1n) is 5.48. The minimum atomic E-state index is -1.08. The second kappa shape index (κ2) is 7.03. The summed E-state index contributed by atoms with van der Waals surface area (Å²) in [6, 6.07) is 7.30. The molecule has 0 aliphatic carbocycles. The van der Waals surface area contributed by atoms with Crippen LogP contribution in [0, 0.1) is 0 Å². The van der Waals surface area contributed by atoms with E-state index >= 15 is 0 Å². The van der Waals surface area contributed by atoms with Crippen molar-refractivity contribution in [1.82, 2.24) is 5.32 Å². The van der Waals surface area contributed by atoms with Crippen LogP contribution in [0.1, 0.15) is 5.56 Å². The van der Waals surface area contributed by atoms with E-state index in [1.165, 1.54) is 0 Å². The molecule has 5 nitrogen and oxygen atoms in total. The predicted molar refractivity (Wildman–Crippen MR) is 71.5 cm³/mol. The van der Waals surface area contributed by atoms with Crippen LogP contribution in [-0.4, -0.2) is 34.8 Å². The number of nitrogens with two attached hydrogens (primary N) is 1. The largest absolute Gasteiger partial charge is 0.480 e. The minimum absolute atomic E-state index is 0.170. The maximum Gasteiger partial charge on any atom is 0.326 e. The molecule has 0 saturated heterocycles. The number of nitrogens with one attached hydrogen (secondary N) is 1. The lowest BCUT2D eigenvalue weighted by molar-refractivity contribution is -0.141. The Kier molecular flexibility index (Phi) is 5.67. The Bertz CT molecular complexity index is 411. The lowest BCUT2D eigenvalue weighted by atomic mass is 10.1. The van der Waals surface area contributed by atoms with Gasteiger partial charge in [0.25, 0.3) is 0 Å². The molecule has 0 aliphatic rings. The Morgan fingerprint density at radius 3 is 2.44 bits per heavy atom. The standard InChI is InChI=1S/C12H16N2O3S/c13-9(7-18)11(15)14-10(12(16)17)6-8-4-2-1-3-5-8/h1-5,9-10,18H,6-7,13H2,(H,14,15)(H,16,17)/t9-,10-/m1/s1. The van der Waals surface area contributed by atoms with Crippen molar-refractivity contribution in [2.45, 2.75) is 18.5 Å². The molecule has 0 unspecified atom stereocenters. The van der Waals surface area contributed by atoms with Crippen LogP contribution in [0.5, 0.6) is 0 Å². The van der Waals surface area contributed by atoms with Crippen molar-refractivity contribution in [3.63, 3.8) is 0 Å². The number of benzene rings is 1. The fourth-order valence-electron chi connectivity index (χ4n) is 1.41. The second-order valence-corrected chi connectivity index (χ2v) is 4.24. The van der Waals surface area contributed by atoms with Gasteiger partial charge in [-0.3, -0.25) is 4.79 Å². The van der Waals surface area contributed by atoms with Crippen molar-refractivity contribution >= 4 is 24.5 Å². The van der Waals surface area contributed by atoms with Crippen molar-refractivity contribution in [3.8, 4) is 0 Å². The first-order chi connectivity index (χ1) is 8.54. The average molecular weight is 268 g/mol. The predicted octanol–water partition coefficient (Wildman–Crippen LogP) is 0.0556. The highest BCUT2D eigenvalue weighted by atomic mass is 32.1. The van der Waals surface area contributed by atoms with Gasteiger partial charge in [-0.25, -0.2) is 4.79 Å². The number of thiol groups is 1. The van der Waals surface area contributed by atoms with Gasteiger partial charge >= 0.3 is 5.97 Å². The van der Waals surface area contributed by atoms with E-state index in [2.05, 4.69) is 17.9 Å². The van der Waals surface area contributed by atoms with Crippen LogP contribution in [0.4, 0.5) is 0 Å². The quantitative estimate of drug-likeness (QED) is 0.549. The maximum atomic E-state index is 11.5. The van der Waals surface area contributed by atoms with E-state index in [9.17, 15) is 9.59 Å².